The molecule has 1 fully saturated rings. The predicted octanol–water partition coefficient (Wildman–Crippen LogP) is 2.16. The second-order valence-electron chi connectivity index (χ2n) is 5.33. The Labute approximate surface area is 126 Å². The molecule has 3 rings (SSSR count). The van der Waals surface area contributed by atoms with Crippen LogP contribution in [-0.2, 0) is 0 Å². The van der Waals surface area contributed by atoms with E-state index in [9.17, 15) is 9.59 Å². The lowest BCUT2D eigenvalue weighted by Gasteiger charge is -2.31. The van der Waals surface area contributed by atoms with E-state index in [0.29, 0.717) is 18.9 Å². The van der Waals surface area contributed by atoms with Gasteiger partial charge in [0, 0.05) is 30.5 Å². The minimum absolute atomic E-state index is 0.102. The number of likely N-dealkylation sites (tertiary alicyclic amines) is 1. The highest BCUT2D eigenvalue weighted by Crippen LogP contribution is 2.27. The third kappa shape index (κ3) is 3.05. The molecule has 2 aromatic heterocycles. The van der Waals surface area contributed by atoms with Crippen LogP contribution in [0.1, 0.15) is 40.6 Å². The summed E-state index contributed by atoms with van der Waals surface area (Å²) in [6.45, 7) is 3.22. The molecule has 3 heterocycles. The first-order valence-corrected chi connectivity index (χ1v) is 7.97. The number of aromatic nitrogens is 2. The molecule has 6 heteroatoms. The molecule has 0 bridgehead atoms. The summed E-state index contributed by atoms with van der Waals surface area (Å²) in [7, 11) is 0. The molecule has 1 aliphatic heterocycles. The van der Waals surface area contributed by atoms with Crippen molar-refractivity contribution in [1.82, 2.24) is 14.9 Å². The number of rotatable bonds is 2. The van der Waals surface area contributed by atoms with Gasteiger partial charge in [-0.1, -0.05) is 0 Å². The first-order valence-electron chi connectivity index (χ1n) is 7.03. The molecular formula is C15H17N3O2S. The number of aryl methyl sites for hydroxylation is 1. The van der Waals surface area contributed by atoms with Gasteiger partial charge in [-0.15, -0.1) is 0 Å². The molecule has 0 unspecified atom stereocenters. The number of amides is 1. The first-order chi connectivity index (χ1) is 10.1. The van der Waals surface area contributed by atoms with E-state index >= 15 is 0 Å². The normalized spacial score (nSPS) is 16.1. The van der Waals surface area contributed by atoms with Crippen LogP contribution in [0.3, 0.4) is 0 Å². The van der Waals surface area contributed by atoms with Gasteiger partial charge >= 0.3 is 0 Å². The van der Waals surface area contributed by atoms with Crippen molar-refractivity contribution in [2.75, 3.05) is 13.1 Å². The van der Waals surface area contributed by atoms with Crippen molar-refractivity contribution in [3.8, 4) is 0 Å². The van der Waals surface area contributed by atoms with E-state index in [-0.39, 0.29) is 17.4 Å². The molecule has 21 heavy (non-hydrogen) atoms. The third-order valence-electron chi connectivity index (χ3n) is 3.85. The monoisotopic (exact) mass is 303 g/mol. The van der Waals surface area contributed by atoms with Crippen molar-refractivity contribution in [2.45, 2.75) is 25.7 Å². The van der Waals surface area contributed by atoms with Crippen LogP contribution in [0, 0.1) is 6.92 Å². The van der Waals surface area contributed by atoms with E-state index in [0.717, 1.165) is 24.1 Å². The molecule has 0 aromatic carbocycles. The maximum atomic E-state index is 12.3. The average molecular weight is 303 g/mol. The van der Waals surface area contributed by atoms with Gasteiger partial charge in [-0.25, -0.2) is 4.98 Å². The Bertz CT molecular complexity index is 685. The summed E-state index contributed by atoms with van der Waals surface area (Å²) >= 11 is 1.54. The Kier molecular flexibility index (Phi) is 3.88. The molecule has 110 valence electrons. The maximum Gasteiger partial charge on any atom is 0.254 e. The SMILES string of the molecule is Cc1nc(C2CCN(C(=O)c3ccsc3)CC2)cc(=O)[nH]1. The van der Waals surface area contributed by atoms with Crippen molar-refractivity contribution in [3.63, 3.8) is 0 Å². The van der Waals surface area contributed by atoms with E-state index in [1.165, 1.54) is 11.3 Å². The highest BCUT2D eigenvalue weighted by molar-refractivity contribution is 7.08. The van der Waals surface area contributed by atoms with Gasteiger partial charge in [-0.3, -0.25) is 9.59 Å². The number of nitrogens with zero attached hydrogens (tertiary/aromatic N) is 2. The Morgan fingerprint density at radius 3 is 2.81 bits per heavy atom. The average Bonchev–Trinajstić information content (AvgIpc) is 3.00. The lowest BCUT2D eigenvalue weighted by Crippen LogP contribution is -2.38. The molecule has 0 saturated carbocycles. The standard InChI is InChI=1S/C15H17N3O2S/c1-10-16-13(8-14(19)17-10)11-2-5-18(6-3-11)15(20)12-4-7-21-9-12/h4,7-9,11H,2-3,5-6H2,1H3,(H,16,17,19). The second-order valence-corrected chi connectivity index (χ2v) is 6.11. The molecule has 0 atom stereocenters. The fourth-order valence-electron chi connectivity index (χ4n) is 2.76. The highest BCUT2D eigenvalue weighted by atomic mass is 32.1. The molecule has 5 nitrogen and oxygen atoms in total. The van der Waals surface area contributed by atoms with Gasteiger partial charge in [0.2, 0.25) is 0 Å². The quantitative estimate of drug-likeness (QED) is 0.924. The Morgan fingerprint density at radius 1 is 1.43 bits per heavy atom. The number of thiophene rings is 1. The highest BCUT2D eigenvalue weighted by Gasteiger charge is 2.25. The Balaban J connectivity index is 1.67. The summed E-state index contributed by atoms with van der Waals surface area (Å²) < 4.78 is 0. The van der Waals surface area contributed by atoms with Crippen molar-refractivity contribution >= 4 is 17.2 Å². The number of aromatic amines is 1. The summed E-state index contributed by atoms with van der Waals surface area (Å²) in [6, 6.07) is 3.44. The van der Waals surface area contributed by atoms with Gasteiger partial charge in [0.15, 0.2) is 0 Å². The van der Waals surface area contributed by atoms with Gasteiger partial charge in [-0.05, 0) is 31.2 Å². The lowest BCUT2D eigenvalue weighted by molar-refractivity contribution is 0.0712. The number of hydrogen-bond donors (Lipinski definition) is 1. The van der Waals surface area contributed by atoms with Crippen molar-refractivity contribution in [3.05, 3.63) is 50.3 Å². The van der Waals surface area contributed by atoms with E-state index < -0.39 is 0 Å². The smallest absolute Gasteiger partial charge is 0.254 e. The number of carbonyl (C=O) groups excluding carboxylic acids is 1. The molecule has 0 spiro atoms. The first kappa shape index (κ1) is 14.0. The van der Waals surface area contributed by atoms with Crippen LogP contribution in [0.2, 0.25) is 0 Å². The van der Waals surface area contributed by atoms with Gasteiger partial charge in [-0.2, -0.15) is 11.3 Å². The molecule has 2 aromatic rings. The summed E-state index contributed by atoms with van der Waals surface area (Å²) in [6.07, 6.45) is 1.71. The van der Waals surface area contributed by atoms with Crippen LogP contribution in [0.15, 0.2) is 27.7 Å². The van der Waals surface area contributed by atoms with E-state index in [4.69, 9.17) is 0 Å². The number of nitrogens with one attached hydrogen (secondary N) is 1. The minimum Gasteiger partial charge on any atom is -0.339 e. The number of hydrogen-bond acceptors (Lipinski definition) is 4. The zero-order valence-corrected chi connectivity index (χ0v) is 12.7. The molecule has 1 aliphatic rings. The topological polar surface area (TPSA) is 66.1 Å². The zero-order chi connectivity index (χ0) is 14.8. The summed E-state index contributed by atoms with van der Waals surface area (Å²) in [4.78, 5) is 32.8. The Morgan fingerprint density at radius 2 is 2.19 bits per heavy atom. The summed E-state index contributed by atoms with van der Waals surface area (Å²) in [5.41, 5.74) is 1.51. The van der Waals surface area contributed by atoms with E-state index in [1.54, 1.807) is 13.0 Å². The third-order valence-corrected chi connectivity index (χ3v) is 4.53. The van der Waals surface area contributed by atoms with E-state index in [2.05, 4.69) is 9.97 Å². The van der Waals surface area contributed by atoms with Gasteiger partial charge in [0.1, 0.15) is 5.82 Å². The number of H-pyrrole nitrogens is 1. The van der Waals surface area contributed by atoms with E-state index in [1.807, 2.05) is 21.7 Å². The lowest BCUT2D eigenvalue weighted by atomic mass is 9.93. The molecular weight excluding hydrogens is 286 g/mol. The summed E-state index contributed by atoms with van der Waals surface area (Å²) in [5, 5.41) is 3.80. The molecule has 1 N–H and O–H groups in total. The largest absolute Gasteiger partial charge is 0.339 e. The van der Waals surface area contributed by atoms with Crippen LogP contribution >= 0.6 is 11.3 Å². The van der Waals surface area contributed by atoms with Crippen molar-refractivity contribution in [1.29, 1.82) is 0 Å². The Hall–Kier alpha value is -1.95. The van der Waals surface area contributed by atoms with Crippen molar-refractivity contribution < 1.29 is 4.79 Å². The number of piperidine rings is 1. The van der Waals surface area contributed by atoms with Gasteiger partial charge in [0.05, 0.1) is 11.3 Å². The van der Waals surface area contributed by atoms with Crippen LogP contribution in [-0.4, -0.2) is 33.9 Å². The maximum absolute atomic E-state index is 12.3. The van der Waals surface area contributed by atoms with Crippen LogP contribution in [0.5, 0.6) is 0 Å². The molecule has 1 amide bonds. The number of carbonyl (C=O) groups is 1. The second kappa shape index (κ2) is 5.81. The van der Waals surface area contributed by atoms with Gasteiger partial charge < -0.3 is 9.88 Å². The molecule has 0 radical (unpaired) electrons. The van der Waals surface area contributed by atoms with Crippen LogP contribution < -0.4 is 5.56 Å². The van der Waals surface area contributed by atoms with Crippen molar-refractivity contribution in [2.24, 2.45) is 0 Å². The molecule has 1 saturated heterocycles. The van der Waals surface area contributed by atoms with Crippen LogP contribution in [0.4, 0.5) is 0 Å². The fraction of sp³-hybridized carbons (Fsp3) is 0.400. The van der Waals surface area contributed by atoms with Gasteiger partial charge in [0.25, 0.3) is 11.5 Å². The summed E-state index contributed by atoms with van der Waals surface area (Å²) in [5.74, 6) is 1.01. The predicted molar refractivity (Wildman–Crippen MR) is 81.8 cm³/mol. The minimum atomic E-state index is -0.103. The molecule has 0 aliphatic carbocycles. The van der Waals surface area contributed by atoms with Crippen LogP contribution in [0.25, 0.3) is 0 Å². The zero-order valence-electron chi connectivity index (χ0n) is 11.8. The fourth-order valence-corrected chi connectivity index (χ4v) is 3.39.